The molecular formula is C4H11N2NaO2. The molecule has 0 radical (unpaired) electrons. The summed E-state index contributed by atoms with van der Waals surface area (Å²) in [4.78, 5) is 9.40. The zero-order chi connectivity index (χ0) is 7.70. The van der Waals surface area contributed by atoms with E-state index in [1.165, 1.54) is 0 Å². The van der Waals surface area contributed by atoms with Crippen LogP contribution in [0.4, 0.5) is 0 Å². The van der Waals surface area contributed by atoms with Crippen LogP contribution in [0.1, 0.15) is 0 Å². The van der Waals surface area contributed by atoms with Crippen molar-refractivity contribution in [2.75, 3.05) is 13.1 Å². The van der Waals surface area contributed by atoms with Crippen LogP contribution in [0.15, 0.2) is 0 Å². The number of aliphatic carboxylic acids is 1. The summed E-state index contributed by atoms with van der Waals surface area (Å²) >= 11 is 0.774. The number of hydrogen-bond donors (Lipinski definition) is 3. The molecule has 0 bridgehead atoms. The molecule has 0 aromatic heterocycles. The number of rotatable bonds is 2. The molecule has 0 spiro atoms. The van der Waals surface area contributed by atoms with Gasteiger partial charge in [0.25, 0.3) is 0 Å². The predicted octanol–water partition coefficient (Wildman–Crippen LogP) is -1.44. The fraction of sp³-hybridized carbons (Fsp3) is 0.750. The van der Waals surface area contributed by atoms with Gasteiger partial charge in [-0.05, 0) is 0 Å². The zero-order valence-electron chi connectivity index (χ0n) is 5.63. The SMILES string of the molecule is NCCN.O=C(O)[CH2][Na]. The summed E-state index contributed by atoms with van der Waals surface area (Å²) in [5.41, 5.74) is 9.81. The summed E-state index contributed by atoms with van der Waals surface area (Å²) in [5, 5.41) is 7.76. The topological polar surface area (TPSA) is 89.3 Å². The van der Waals surface area contributed by atoms with Crippen molar-refractivity contribution >= 4 is 33.9 Å². The maximum absolute atomic E-state index is 9.40. The van der Waals surface area contributed by atoms with E-state index < -0.39 is 5.97 Å². The average molecular weight is 142 g/mol. The van der Waals surface area contributed by atoms with Crippen molar-refractivity contribution in [2.24, 2.45) is 11.5 Å². The number of hydrogen-bond acceptors (Lipinski definition) is 3. The van der Waals surface area contributed by atoms with E-state index >= 15 is 0 Å². The van der Waals surface area contributed by atoms with Crippen molar-refractivity contribution in [1.82, 2.24) is 0 Å². The van der Waals surface area contributed by atoms with E-state index in [0.29, 0.717) is 16.8 Å². The van der Waals surface area contributed by atoms with E-state index in [-0.39, 0.29) is 0 Å². The average Bonchev–Trinajstić information content (AvgIpc) is 1.89. The molecule has 0 unspecified atom stereocenters. The van der Waals surface area contributed by atoms with Crippen molar-refractivity contribution in [3.05, 3.63) is 0 Å². The molecule has 5 N–H and O–H groups in total. The van der Waals surface area contributed by atoms with Crippen LogP contribution in [0.3, 0.4) is 0 Å². The molecule has 0 aliphatic rings. The molecular weight excluding hydrogens is 131 g/mol. The van der Waals surface area contributed by atoms with Gasteiger partial charge in [0.1, 0.15) is 0 Å². The molecule has 0 aromatic rings. The maximum atomic E-state index is 9.40. The molecule has 0 heterocycles. The monoisotopic (exact) mass is 142 g/mol. The van der Waals surface area contributed by atoms with Crippen LogP contribution in [-0.2, 0) is 4.79 Å². The first-order valence-corrected chi connectivity index (χ1v) is 4.22. The molecule has 50 valence electrons. The van der Waals surface area contributed by atoms with Gasteiger partial charge < -0.3 is 11.5 Å². The third-order valence-electron chi connectivity index (χ3n) is 0.469. The number of carboxylic acid groups (broad SMARTS) is 1. The standard InChI is InChI=1S/C2H8N2.C2H3O2.Na/c3-1-2-4;1-2(3)4;/h1-4H2;1H2,(H,3,4);. The number of nitrogens with two attached hydrogens (primary N) is 2. The molecule has 9 heavy (non-hydrogen) atoms. The van der Waals surface area contributed by atoms with E-state index in [9.17, 15) is 4.79 Å². The first kappa shape index (κ1) is 12.1. The first-order chi connectivity index (χ1) is 4.18. The van der Waals surface area contributed by atoms with Crippen LogP contribution in [0.25, 0.3) is 0 Å². The molecule has 4 nitrogen and oxygen atoms in total. The van der Waals surface area contributed by atoms with E-state index in [1.807, 2.05) is 0 Å². The van der Waals surface area contributed by atoms with Crippen molar-refractivity contribution in [2.45, 2.75) is 3.67 Å². The third kappa shape index (κ3) is 29.8. The second-order valence-corrected chi connectivity index (χ2v) is 2.03. The summed E-state index contributed by atoms with van der Waals surface area (Å²) in [5.74, 6) is -0.684. The van der Waals surface area contributed by atoms with Gasteiger partial charge in [0.2, 0.25) is 0 Å². The van der Waals surface area contributed by atoms with Gasteiger partial charge >= 0.3 is 47.5 Å². The van der Waals surface area contributed by atoms with Gasteiger partial charge in [-0.25, -0.2) is 0 Å². The Morgan fingerprint density at radius 3 is 1.67 bits per heavy atom. The van der Waals surface area contributed by atoms with Crippen LogP contribution in [0.2, 0.25) is 3.67 Å². The van der Waals surface area contributed by atoms with Crippen LogP contribution in [0.5, 0.6) is 0 Å². The Labute approximate surface area is 72.0 Å². The Balaban J connectivity index is 0. The van der Waals surface area contributed by atoms with E-state index in [0.717, 1.165) is 27.9 Å². The minimum absolute atomic E-state index is 0.361. The van der Waals surface area contributed by atoms with Crippen LogP contribution in [0, 0.1) is 0 Å². The Morgan fingerprint density at radius 1 is 1.44 bits per heavy atom. The van der Waals surface area contributed by atoms with Gasteiger partial charge in [0.15, 0.2) is 0 Å². The molecule has 0 atom stereocenters. The fourth-order valence-corrected chi connectivity index (χ4v) is 0. The molecule has 0 aliphatic heterocycles. The normalized spacial score (nSPS) is 7.56. The summed E-state index contributed by atoms with van der Waals surface area (Å²) in [7, 11) is 0. The molecule has 0 fully saturated rings. The molecule has 0 aromatic carbocycles. The molecule has 0 aliphatic carbocycles. The summed E-state index contributed by atoms with van der Waals surface area (Å²) in [6.07, 6.45) is 0. The van der Waals surface area contributed by atoms with E-state index in [4.69, 9.17) is 16.6 Å². The third-order valence-corrected chi connectivity index (χ3v) is 1.07. The molecule has 5 heteroatoms. The minimum atomic E-state index is -0.684. The fourth-order valence-electron chi connectivity index (χ4n) is 0. The van der Waals surface area contributed by atoms with Gasteiger partial charge in [-0.15, -0.1) is 0 Å². The second kappa shape index (κ2) is 11.2. The van der Waals surface area contributed by atoms with Crippen molar-refractivity contribution < 1.29 is 9.90 Å². The van der Waals surface area contributed by atoms with Crippen LogP contribution >= 0.6 is 0 Å². The summed E-state index contributed by atoms with van der Waals surface area (Å²) in [6.45, 7) is 1.19. The second-order valence-electron chi connectivity index (χ2n) is 1.32. The number of carbonyl (C=O) groups is 1. The van der Waals surface area contributed by atoms with Gasteiger partial charge in [0.05, 0.1) is 0 Å². The number of carboxylic acids is 1. The van der Waals surface area contributed by atoms with E-state index in [2.05, 4.69) is 0 Å². The van der Waals surface area contributed by atoms with Crippen LogP contribution < -0.4 is 11.5 Å². The van der Waals surface area contributed by atoms with Crippen molar-refractivity contribution in [1.29, 1.82) is 0 Å². The van der Waals surface area contributed by atoms with Crippen molar-refractivity contribution in [3.8, 4) is 0 Å². The van der Waals surface area contributed by atoms with Gasteiger partial charge in [-0.1, -0.05) is 0 Å². The van der Waals surface area contributed by atoms with Crippen LogP contribution in [-0.4, -0.2) is 52.1 Å². The summed E-state index contributed by atoms with van der Waals surface area (Å²) < 4.78 is 0.361. The Kier molecular flexibility index (Phi) is 15.1. The quantitative estimate of drug-likeness (QED) is 0.412. The summed E-state index contributed by atoms with van der Waals surface area (Å²) in [6, 6.07) is 0. The predicted molar refractivity (Wildman–Crippen MR) is 36.3 cm³/mol. The molecule has 0 saturated heterocycles. The van der Waals surface area contributed by atoms with Gasteiger partial charge in [-0.3, -0.25) is 0 Å². The zero-order valence-corrected chi connectivity index (χ0v) is 7.63. The molecule has 0 amide bonds. The van der Waals surface area contributed by atoms with Crippen molar-refractivity contribution in [3.63, 3.8) is 0 Å². The van der Waals surface area contributed by atoms with Gasteiger partial charge in [0, 0.05) is 13.1 Å². The van der Waals surface area contributed by atoms with Gasteiger partial charge in [-0.2, -0.15) is 0 Å². The Hall–Kier alpha value is 0.390. The Bertz CT molecular complexity index is 67.6. The van der Waals surface area contributed by atoms with E-state index in [1.54, 1.807) is 0 Å². The molecule has 0 rings (SSSR count). The Morgan fingerprint density at radius 2 is 1.67 bits per heavy atom. The molecule has 0 saturated carbocycles. The first-order valence-electron chi connectivity index (χ1n) is 2.80.